The van der Waals surface area contributed by atoms with Crippen molar-refractivity contribution in [1.29, 1.82) is 0 Å². The molecule has 0 atom stereocenters. The van der Waals surface area contributed by atoms with Gasteiger partial charge in [-0.1, -0.05) is 36.4 Å². The minimum absolute atomic E-state index is 0.199. The summed E-state index contributed by atoms with van der Waals surface area (Å²) >= 11 is 1.63. The topological polar surface area (TPSA) is 58.6 Å². The number of benzene rings is 2. The molecule has 0 N–H and O–H groups in total. The van der Waals surface area contributed by atoms with Gasteiger partial charge in [0.2, 0.25) is 5.91 Å². The zero-order chi connectivity index (χ0) is 21.0. The van der Waals surface area contributed by atoms with Crippen LogP contribution in [-0.2, 0) is 4.79 Å². The molecule has 1 amide bonds. The number of nitrogens with zero attached hydrogens (tertiary/aromatic N) is 4. The molecule has 31 heavy (non-hydrogen) atoms. The third-order valence-corrected chi connectivity index (χ3v) is 6.54. The van der Waals surface area contributed by atoms with Crippen LogP contribution in [0.4, 0.5) is 5.82 Å². The molecule has 0 radical (unpaired) electrons. The number of rotatable bonds is 6. The van der Waals surface area contributed by atoms with Gasteiger partial charge in [-0.25, -0.2) is 9.97 Å². The molecular formula is C24H24N4O2S. The van der Waals surface area contributed by atoms with Gasteiger partial charge in [0, 0.05) is 38.0 Å². The smallest absolute Gasteiger partial charge is 0.222 e. The Kier molecular flexibility index (Phi) is 5.67. The highest BCUT2D eigenvalue weighted by Gasteiger charge is 2.23. The van der Waals surface area contributed by atoms with Gasteiger partial charge in [-0.15, -0.1) is 11.3 Å². The maximum absolute atomic E-state index is 12.7. The van der Waals surface area contributed by atoms with Crippen LogP contribution < -0.4 is 9.64 Å². The van der Waals surface area contributed by atoms with Gasteiger partial charge in [-0.3, -0.25) is 4.79 Å². The molecule has 2 aromatic heterocycles. The molecular weight excluding hydrogens is 408 g/mol. The number of thiophene rings is 1. The SMILES string of the molecule is O=C(CCCOc1cccc2ccccc12)N1CCN(c2ncnc3sccc23)CC1. The molecule has 5 rings (SSSR count). The first-order chi connectivity index (χ1) is 15.3. The number of piperazine rings is 1. The van der Waals surface area contributed by atoms with E-state index in [4.69, 9.17) is 4.74 Å². The van der Waals surface area contributed by atoms with Crippen LogP contribution in [0.5, 0.6) is 5.75 Å². The van der Waals surface area contributed by atoms with Crippen molar-refractivity contribution >= 4 is 44.1 Å². The summed E-state index contributed by atoms with van der Waals surface area (Å²) in [7, 11) is 0. The predicted molar refractivity (Wildman–Crippen MR) is 125 cm³/mol. The van der Waals surface area contributed by atoms with Gasteiger partial charge in [-0.05, 0) is 29.3 Å². The van der Waals surface area contributed by atoms with E-state index in [1.807, 2.05) is 34.5 Å². The van der Waals surface area contributed by atoms with Crippen molar-refractivity contribution in [1.82, 2.24) is 14.9 Å². The molecule has 4 aromatic rings. The summed E-state index contributed by atoms with van der Waals surface area (Å²) in [6.07, 6.45) is 2.85. The number of carbonyl (C=O) groups is 1. The average Bonchev–Trinajstić information content (AvgIpc) is 3.31. The van der Waals surface area contributed by atoms with Crippen LogP contribution in [0.3, 0.4) is 0 Å². The highest BCUT2D eigenvalue weighted by Crippen LogP contribution is 2.28. The molecule has 3 heterocycles. The summed E-state index contributed by atoms with van der Waals surface area (Å²) in [6, 6.07) is 16.3. The Bertz CT molecular complexity index is 1200. The number of aromatic nitrogens is 2. The van der Waals surface area contributed by atoms with Gasteiger partial charge in [0.25, 0.3) is 0 Å². The molecule has 0 bridgehead atoms. The maximum Gasteiger partial charge on any atom is 0.222 e. The quantitative estimate of drug-likeness (QED) is 0.424. The molecule has 2 aromatic carbocycles. The first-order valence-corrected chi connectivity index (χ1v) is 11.5. The third-order valence-electron chi connectivity index (χ3n) is 5.71. The molecule has 1 saturated heterocycles. The molecule has 0 unspecified atom stereocenters. The number of carbonyl (C=O) groups excluding carboxylic acids is 1. The summed E-state index contributed by atoms with van der Waals surface area (Å²) < 4.78 is 5.97. The van der Waals surface area contributed by atoms with Gasteiger partial charge >= 0.3 is 0 Å². The second kappa shape index (κ2) is 8.89. The van der Waals surface area contributed by atoms with Crippen molar-refractivity contribution in [2.75, 3.05) is 37.7 Å². The zero-order valence-electron chi connectivity index (χ0n) is 17.2. The molecule has 0 spiro atoms. The standard InChI is InChI=1S/C24H24N4O2S/c29-22(9-4-15-30-21-8-3-6-18-5-1-2-7-19(18)21)27-11-13-28(14-12-27)23-20-10-16-31-24(20)26-17-25-23/h1-3,5-8,10,16-17H,4,9,11-15H2. The van der Waals surface area contributed by atoms with E-state index >= 15 is 0 Å². The lowest BCUT2D eigenvalue weighted by atomic mass is 10.1. The lowest BCUT2D eigenvalue weighted by Gasteiger charge is -2.35. The summed E-state index contributed by atoms with van der Waals surface area (Å²) in [4.78, 5) is 26.7. The molecule has 1 fully saturated rings. The van der Waals surface area contributed by atoms with Crippen LogP contribution in [0.2, 0.25) is 0 Å². The number of hydrogen-bond donors (Lipinski definition) is 0. The fourth-order valence-corrected chi connectivity index (χ4v) is 4.81. The van der Waals surface area contributed by atoms with E-state index in [-0.39, 0.29) is 5.91 Å². The summed E-state index contributed by atoms with van der Waals surface area (Å²) in [5, 5.41) is 5.41. The fraction of sp³-hybridized carbons (Fsp3) is 0.292. The molecule has 7 heteroatoms. The molecule has 0 saturated carbocycles. The van der Waals surface area contributed by atoms with E-state index in [0.717, 1.165) is 58.7 Å². The maximum atomic E-state index is 12.7. The Morgan fingerprint density at radius 2 is 1.81 bits per heavy atom. The van der Waals surface area contributed by atoms with Crippen molar-refractivity contribution in [2.45, 2.75) is 12.8 Å². The third kappa shape index (κ3) is 4.18. The Hall–Kier alpha value is -3.19. The Balaban J connectivity index is 1.11. The van der Waals surface area contributed by atoms with E-state index in [9.17, 15) is 4.79 Å². The van der Waals surface area contributed by atoms with Gasteiger partial charge in [0.15, 0.2) is 0 Å². The monoisotopic (exact) mass is 432 g/mol. The number of anilines is 1. The Morgan fingerprint density at radius 1 is 0.968 bits per heavy atom. The van der Waals surface area contributed by atoms with Crippen molar-refractivity contribution in [3.63, 3.8) is 0 Å². The highest BCUT2D eigenvalue weighted by molar-refractivity contribution is 7.16. The largest absolute Gasteiger partial charge is 0.493 e. The minimum Gasteiger partial charge on any atom is -0.493 e. The Morgan fingerprint density at radius 3 is 2.71 bits per heavy atom. The summed E-state index contributed by atoms with van der Waals surface area (Å²) in [6.45, 7) is 3.56. The second-order valence-electron chi connectivity index (χ2n) is 7.63. The lowest BCUT2D eigenvalue weighted by molar-refractivity contribution is -0.131. The van der Waals surface area contributed by atoms with Crippen LogP contribution in [0, 0.1) is 0 Å². The van der Waals surface area contributed by atoms with E-state index in [0.29, 0.717) is 19.4 Å². The lowest BCUT2D eigenvalue weighted by Crippen LogP contribution is -2.49. The van der Waals surface area contributed by atoms with Gasteiger partial charge in [0.1, 0.15) is 22.7 Å². The predicted octanol–water partition coefficient (Wildman–Crippen LogP) is 4.35. The Labute approximate surface area is 185 Å². The molecule has 158 valence electrons. The van der Waals surface area contributed by atoms with Crippen molar-refractivity contribution in [2.24, 2.45) is 0 Å². The number of hydrogen-bond acceptors (Lipinski definition) is 6. The van der Waals surface area contributed by atoms with Gasteiger partial charge in [0.05, 0.1) is 12.0 Å². The minimum atomic E-state index is 0.199. The van der Waals surface area contributed by atoms with E-state index in [1.165, 1.54) is 0 Å². The fourth-order valence-electron chi connectivity index (χ4n) is 4.08. The zero-order valence-corrected chi connectivity index (χ0v) is 18.1. The van der Waals surface area contributed by atoms with Gasteiger partial charge < -0.3 is 14.5 Å². The van der Waals surface area contributed by atoms with Crippen molar-refractivity contribution in [3.05, 3.63) is 60.2 Å². The molecule has 0 aliphatic carbocycles. The average molecular weight is 433 g/mol. The van der Waals surface area contributed by atoms with Crippen molar-refractivity contribution in [3.8, 4) is 5.75 Å². The van der Waals surface area contributed by atoms with Crippen LogP contribution in [0.1, 0.15) is 12.8 Å². The first kappa shape index (κ1) is 19.8. The van der Waals surface area contributed by atoms with E-state index in [1.54, 1.807) is 17.7 Å². The molecule has 6 nitrogen and oxygen atoms in total. The van der Waals surface area contributed by atoms with Crippen molar-refractivity contribution < 1.29 is 9.53 Å². The summed E-state index contributed by atoms with van der Waals surface area (Å²) in [5.41, 5.74) is 0. The first-order valence-electron chi connectivity index (χ1n) is 10.6. The van der Waals surface area contributed by atoms with Crippen LogP contribution >= 0.6 is 11.3 Å². The molecule has 1 aliphatic heterocycles. The van der Waals surface area contributed by atoms with Gasteiger partial charge in [-0.2, -0.15) is 0 Å². The normalized spacial score (nSPS) is 14.3. The summed E-state index contributed by atoms with van der Waals surface area (Å²) in [5.74, 6) is 2.05. The highest BCUT2D eigenvalue weighted by atomic mass is 32.1. The second-order valence-corrected chi connectivity index (χ2v) is 8.53. The number of fused-ring (bicyclic) bond motifs is 2. The number of ether oxygens (including phenoxy) is 1. The van der Waals surface area contributed by atoms with Crippen LogP contribution in [-0.4, -0.2) is 53.6 Å². The number of amides is 1. The van der Waals surface area contributed by atoms with Crippen LogP contribution in [0.15, 0.2) is 60.2 Å². The van der Waals surface area contributed by atoms with Crippen LogP contribution in [0.25, 0.3) is 21.0 Å². The van der Waals surface area contributed by atoms with E-state index < -0.39 is 0 Å². The molecule has 1 aliphatic rings. The van der Waals surface area contributed by atoms with E-state index in [2.05, 4.69) is 39.1 Å².